The van der Waals surface area contributed by atoms with Gasteiger partial charge in [0.2, 0.25) is 5.82 Å². The number of anilines is 1. The van der Waals surface area contributed by atoms with E-state index >= 15 is 0 Å². The van der Waals surface area contributed by atoms with E-state index in [1.807, 2.05) is 0 Å². The first-order valence-electron chi connectivity index (χ1n) is 5.81. The average molecular weight is 297 g/mol. The molecule has 0 amide bonds. The van der Waals surface area contributed by atoms with Crippen LogP contribution in [0.15, 0.2) is 12.3 Å². The van der Waals surface area contributed by atoms with Gasteiger partial charge in [0.05, 0.1) is 21.3 Å². The zero-order valence-corrected chi connectivity index (χ0v) is 11.9. The van der Waals surface area contributed by atoms with E-state index in [9.17, 15) is 14.4 Å². The molecule has 1 rings (SSSR count). The fourth-order valence-corrected chi connectivity index (χ4v) is 1.37. The van der Waals surface area contributed by atoms with Gasteiger partial charge >= 0.3 is 17.9 Å². The Morgan fingerprint density at radius 2 is 1.62 bits per heavy atom. The second-order valence-electron chi connectivity index (χ2n) is 3.74. The fourth-order valence-electron chi connectivity index (χ4n) is 1.37. The molecule has 1 aromatic rings. The zero-order valence-electron chi connectivity index (χ0n) is 11.9. The monoisotopic (exact) mass is 297 g/mol. The predicted molar refractivity (Wildman–Crippen MR) is 69.6 cm³/mol. The van der Waals surface area contributed by atoms with Crippen LogP contribution in [0.25, 0.3) is 0 Å². The summed E-state index contributed by atoms with van der Waals surface area (Å²) in [6.07, 6.45) is 1.32. The molecule has 9 heteroatoms. The van der Waals surface area contributed by atoms with Gasteiger partial charge in [0.25, 0.3) is 0 Å². The Kier molecular flexibility index (Phi) is 6.05. The molecule has 0 aliphatic carbocycles. The molecule has 0 saturated heterocycles. The molecule has 0 unspecified atom stereocenters. The van der Waals surface area contributed by atoms with Crippen LogP contribution in [0.4, 0.5) is 5.82 Å². The number of rotatable bonds is 6. The molecule has 0 saturated carbocycles. The lowest BCUT2D eigenvalue weighted by Crippen LogP contribution is -2.36. The van der Waals surface area contributed by atoms with Gasteiger partial charge in [-0.1, -0.05) is 0 Å². The van der Waals surface area contributed by atoms with E-state index in [1.165, 1.54) is 38.5 Å². The summed E-state index contributed by atoms with van der Waals surface area (Å²) in [7, 11) is 3.63. The number of carbonyl (C=O) groups is 3. The molecule has 0 radical (unpaired) electrons. The van der Waals surface area contributed by atoms with Crippen LogP contribution in [0.1, 0.15) is 10.6 Å². The third-order valence-corrected chi connectivity index (χ3v) is 2.43. The van der Waals surface area contributed by atoms with E-state index < -0.39 is 17.9 Å². The summed E-state index contributed by atoms with van der Waals surface area (Å²) in [5.41, 5.74) is 0. The fraction of sp³-hybridized carbons (Fsp3) is 0.417. The van der Waals surface area contributed by atoms with Gasteiger partial charge in [-0.3, -0.25) is 9.59 Å². The molecule has 0 bridgehead atoms. The molecular weight excluding hydrogens is 282 g/mol. The first-order valence-corrected chi connectivity index (χ1v) is 5.81. The Morgan fingerprint density at radius 3 is 2.10 bits per heavy atom. The molecule has 0 aliphatic heterocycles. The van der Waals surface area contributed by atoms with Crippen LogP contribution in [0.2, 0.25) is 0 Å². The van der Waals surface area contributed by atoms with E-state index in [4.69, 9.17) is 0 Å². The standard InChI is InChI=1S/C12H15N3O6/c1-19-9(16)6-15(7-10(17)20-2)8-4-5-13-11(14-8)12(18)21-3/h4-5H,6-7H2,1-3H3. The van der Waals surface area contributed by atoms with Crippen molar-refractivity contribution < 1.29 is 28.6 Å². The van der Waals surface area contributed by atoms with Crippen molar-refractivity contribution in [2.75, 3.05) is 39.3 Å². The van der Waals surface area contributed by atoms with Gasteiger partial charge in [0.1, 0.15) is 18.9 Å². The number of esters is 3. The molecule has 0 fully saturated rings. The van der Waals surface area contributed by atoms with E-state index in [0.717, 1.165) is 0 Å². The first-order chi connectivity index (χ1) is 10.0. The van der Waals surface area contributed by atoms with Crippen LogP contribution >= 0.6 is 0 Å². The summed E-state index contributed by atoms with van der Waals surface area (Å²) in [4.78, 5) is 43.2. The van der Waals surface area contributed by atoms with Crippen LogP contribution in [-0.4, -0.2) is 62.3 Å². The average Bonchev–Trinajstić information content (AvgIpc) is 2.53. The molecule has 0 spiro atoms. The molecule has 21 heavy (non-hydrogen) atoms. The minimum atomic E-state index is -0.729. The lowest BCUT2D eigenvalue weighted by molar-refractivity contribution is -0.140. The van der Waals surface area contributed by atoms with E-state index in [2.05, 4.69) is 24.2 Å². The maximum absolute atomic E-state index is 11.4. The third-order valence-electron chi connectivity index (χ3n) is 2.43. The van der Waals surface area contributed by atoms with Crippen molar-refractivity contribution in [3.63, 3.8) is 0 Å². The van der Waals surface area contributed by atoms with Crippen molar-refractivity contribution in [1.82, 2.24) is 9.97 Å². The summed E-state index contributed by atoms with van der Waals surface area (Å²) in [6, 6.07) is 1.44. The highest BCUT2D eigenvalue weighted by atomic mass is 16.5. The Morgan fingerprint density at radius 1 is 1.05 bits per heavy atom. The minimum Gasteiger partial charge on any atom is -0.468 e. The Bertz CT molecular complexity index is 515. The van der Waals surface area contributed by atoms with Gasteiger partial charge < -0.3 is 19.1 Å². The number of carbonyl (C=O) groups excluding carboxylic acids is 3. The van der Waals surface area contributed by atoms with Crippen molar-refractivity contribution in [2.24, 2.45) is 0 Å². The van der Waals surface area contributed by atoms with Crippen LogP contribution < -0.4 is 4.90 Å². The van der Waals surface area contributed by atoms with Crippen molar-refractivity contribution in [1.29, 1.82) is 0 Å². The van der Waals surface area contributed by atoms with Crippen LogP contribution in [-0.2, 0) is 23.8 Å². The van der Waals surface area contributed by atoms with Crippen molar-refractivity contribution in [2.45, 2.75) is 0 Å². The van der Waals surface area contributed by atoms with Crippen LogP contribution in [0, 0.1) is 0 Å². The first kappa shape index (κ1) is 16.3. The molecule has 1 aromatic heterocycles. The SMILES string of the molecule is COC(=O)CN(CC(=O)OC)c1ccnc(C(=O)OC)n1. The smallest absolute Gasteiger partial charge is 0.376 e. The molecule has 0 atom stereocenters. The van der Waals surface area contributed by atoms with Gasteiger partial charge in [0, 0.05) is 6.20 Å². The summed E-state index contributed by atoms with van der Waals surface area (Å²) in [5, 5.41) is 0. The largest absolute Gasteiger partial charge is 0.468 e. The topological polar surface area (TPSA) is 108 Å². The maximum Gasteiger partial charge on any atom is 0.376 e. The second kappa shape index (κ2) is 7.78. The lowest BCUT2D eigenvalue weighted by Gasteiger charge is -2.20. The molecular formula is C12H15N3O6. The highest BCUT2D eigenvalue weighted by molar-refractivity contribution is 5.86. The third kappa shape index (κ3) is 4.71. The van der Waals surface area contributed by atoms with Crippen molar-refractivity contribution >= 4 is 23.7 Å². The summed E-state index contributed by atoms with van der Waals surface area (Å²) < 4.78 is 13.6. The van der Waals surface area contributed by atoms with Crippen LogP contribution in [0.3, 0.4) is 0 Å². The Balaban J connectivity index is 3.03. The number of ether oxygens (including phenoxy) is 3. The molecule has 0 aromatic carbocycles. The van der Waals surface area contributed by atoms with E-state index in [-0.39, 0.29) is 24.7 Å². The molecule has 0 aliphatic rings. The number of hydrogen-bond donors (Lipinski definition) is 0. The second-order valence-corrected chi connectivity index (χ2v) is 3.74. The van der Waals surface area contributed by atoms with Gasteiger partial charge in [-0.25, -0.2) is 14.8 Å². The van der Waals surface area contributed by atoms with Crippen molar-refractivity contribution in [3.8, 4) is 0 Å². The highest BCUT2D eigenvalue weighted by Gasteiger charge is 2.19. The number of aromatic nitrogens is 2. The molecule has 1 heterocycles. The predicted octanol–water partition coefficient (Wildman–Crippen LogP) is -0.584. The van der Waals surface area contributed by atoms with Crippen LogP contribution in [0.5, 0.6) is 0 Å². The lowest BCUT2D eigenvalue weighted by atomic mass is 10.4. The van der Waals surface area contributed by atoms with Gasteiger partial charge in [-0.15, -0.1) is 0 Å². The molecule has 114 valence electrons. The number of hydrogen-bond acceptors (Lipinski definition) is 9. The normalized spacial score (nSPS) is 9.67. The Hall–Kier alpha value is -2.71. The summed E-state index contributed by atoms with van der Waals surface area (Å²) in [6.45, 7) is -0.466. The quantitative estimate of drug-likeness (QED) is 0.503. The maximum atomic E-state index is 11.4. The van der Waals surface area contributed by atoms with E-state index in [0.29, 0.717) is 0 Å². The molecule has 9 nitrogen and oxygen atoms in total. The summed E-state index contributed by atoms with van der Waals surface area (Å²) >= 11 is 0. The van der Waals surface area contributed by atoms with Crippen molar-refractivity contribution in [3.05, 3.63) is 18.1 Å². The number of nitrogens with zero attached hydrogens (tertiary/aromatic N) is 3. The highest BCUT2D eigenvalue weighted by Crippen LogP contribution is 2.10. The van der Waals surface area contributed by atoms with Gasteiger partial charge in [-0.2, -0.15) is 0 Å². The van der Waals surface area contributed by atoms with E-state index in [1.54, 1.807) is 0 Å². The zero-order chi connectivity index (χ0) is 15.8. The molecule has 0 N–H and O–H groups in total. The van der Waals surface area contributed by atoms with Gasteiger partial charge in [-0.05, 0) is 6.07 Å². The summed E-state index contributed by atoms with van der Waals surface area (Å²) in [5.74, 6) is -1.86. The minimum absolute atomic E-state index is 0.185. The van der Waals surface area contributed by atoms with Gasteiger partial charge in [0.15, 0.2) is 0 Å². The Labute approximate surface area is 120 Å². The number of methoxy groups -OCH3 is 3.